The third kappa shape index (κ3) is 2.33. The summed E-state index contributed by atoms with van der Waals surface area (Å²) in [6.45, 7) is 0.474. The summed E-state index contributed by atoms with van der Waals surface area (Å²) in [7, 11) is 0. The minimum atomic E-state index is 0.474. The molecule has 4 heteroatoms. The number of hydrogen-bond donors (Lipinski definition) is 1. The van der Waals surface area contributed by atoms with Gasteiger partial charge in [-0.05, 0) is 30.3 Å². The normalized spacial score (nSPS) is 10.5. The third-order valence-corrected chi connectivity index (χ3v) is 2.88. The average Bonchev–Trinajstić information content (AvgIpc) is 2.48. The number of nitrogen functional groups attached to an aromatic ring is 1. The summed E-state index contributed by atoms with van der Waals surface area (Å²) in [6.07, 6.45) is 5.26. The number of benzene rings is 1. The molecule has 3 aromatic rings. The Balaban J connectivity index is 1.91. The van der Waals surface area contributed by atoms with Crippen molar-refractivity contribution in [1.29, 1.82) is 0 Å². The highest BCUT2D eigenvalue weighted by atomic mass is 16.5. The lowest BCUT2D eigenvalue weighted by molar-refractivity contribution is 0.309. The zero-order chi connectivity index (χ0) is 13.1. The standard InChI is InChI=1S/C15H13N3O/c16-13-5-6-14(12-4-2-8-18-15(12)13)19-10-11-3-1-7-17-9-11/h1-9H,10,16H2. The van der Waals surface area contributed by atoms with Crippen LogP contribution >= 0.6 is 0 Å². The first-order valence-electron chi connectivity index (χ1n) is 5.99. The van der Waals surface area contributed by atoms with Gasteiger partial charge >= 0.3 is 0 Å². The minimum absolute atomic E-state index is 0.474. The van der Waals surface area contributed by atoms with Gasteiger partial charge in [0.1, 0.15) is 12.4 Å². The fourth-order valence-corrected chi connectivity index (χ4v) is 1.94. The van der Waals surface area contributed by atoms with Gasteiger partial charge in [0, 0.05) is 29.5 Å². The predicted molar refractivity (Wildman–Crippen MR) is 74.7 cm³/mol. The molecule has 3 rings (SSSR count). The van der Waals surface area contributed by atoms with Gasteiger partial charge in [-0.2, -0.15) is 0 Å². The highest BCUT2D eigenvalue weighted by Crippen LogP contribution is 2.28. The van der Waals surface area contributed by atoms with Crippen molar-refractivity contribution in [3.63, 3.8) is 0 Å². The van der Waals surface area contributed by atoms with Crippen molar-refractivity contribution in [3.8, 4) is 5.75 Å². The van der Waals surface area contributed by atoms with Crippen molar-refractivity contribution in [2.24, 2.45) is 0 Å². The number of fused-ring (bicyclic) bond motifs is 1. The Morgan fingerprint density at radius 2 is 1.95 bits per heavy atom. The molecule has 0 amide bonds. The van der Waals surface area contributed by atoms with E-state index in [-0.39, 0.29) is 0 Å². The second-order valence-electron chi connectivity index (χ2n) is 4.20. The number of hydrogen-bond acceptors (Lipinski definition) is 4. The molecular formula is C15H13N3O. The average molecular weight is 251 g/mol. The van der Waals surface area contributed by atoms with Gasteiger partial charge in [0.25, 0.3) is 0 Å². The van der Waals surface area contributed by atoms with Gasteiger partial charge in [-0.25, -0.2) is 0 Å². The summed E-state index contributed by atoms with van der Waals surface area (Å²) >= 11 is 0. The zero-order valence-electron chi connectivity index (χ0n) is 10.3. The van der Waals surface area contributed by atoms with Crippen LogP contribution < -0.4 is 10.5 Å². The Morgan fingerprint density at radius 1 is 1.05 bits per heavy atom. The lowest BCUT2D eigenvalue weighted by Crippen LogP contribution is -1.98. The maximum Gasteiger partial charge on any atom is 0.129 e. The van der Waals surface area contributed by atoms with Gasteiger partial charge in [-0.3, -0.25) is 9.97 Å². The van der Waals surface area contributed by atoms with Crippen LogP contribution in [-0.2, 0) is 6.61 Å². The molecule has 94 valence electrons. The van der Waals surface area contributed by atoms with Gasteiger partial charge in [0.2, 0.25) is 0 Å². The molecule has 0 saturated carbocycles. The van der Waals surface area contributed by atoms with Crippen LogP contribution in [-0.4, -0.2) is 9.97 Å². The van der Waals surface area contributed by atoms with Crippen molar-refractivity contribution < 1.29 is 4.74 Å². The predicted octanol–water partition coefficient (Wildman–Crippen LogP) is 2.79. The largest absolute Gasteiger partial charge is 0.488 e. The Kier molecular flexibility index (Phi) is 2.98. The first-order valence-corrected chi connectivity index (χ1v) is 5.99. The van der Waals surface area contributed by atoms with E-state index >= 15 is 0 Å². The molecule has 0 saturated heterocycles. The Hall–Kier alpha value is -2.62. The molecule has 0 bridgehead atoms. The Bertz CT molecular complexity index is 698. The lowest BCUT2D eigenvalue weighted by Gasteiger charge is -2.10. The minimum Gasteiger partial charge on any atom is -0.488 e. The number of ether oxygens (including phenoxy) is 1. The van der Waals surface area contributed by atoms with Gasteiger partial charge in [0.15, 0.2) is 0 Å². The van der Waals surface area contributed by atoms with Gasteiger partial charge in [-0.1, -0.05) is 6.07 Å². The number of anilines is 1. The van der Waals surface area contributed by atoms with Crippen LogP contribution in [0, 0.1) is 0 Å². The van der Waals surface area contributed by atoms with Gasteiger partial charge in [0.05, 0.1) is 11.2 Å². The van der Waals surface area contributed by atoms with Crippen LogP contribution in [0.15, 0.2) is 55.0 Å². The van der Waals surface area contributed by atoms with E-state index in [9.17, 15) is 0 Å². The number of aromatic nitrogens is 2. The maximum absolute atomic E-state index is 5.90. The maximum atomic E-state index is 5.90. The van der Waals surface area contributed by atoms with Crippen LogP contribution in [0.25, 0.3) is 10.9 Å². The van der Waals surface area contributed by atoms with Crippen LogP contribution in [0.3, 0.4) is 0 Å². The molecule has 2 heterocycles. The van der Waals surface area contributed by atoms with E-state index in [1.807, 2.05) is 36.4 Å². The first-order chi connectivity index (χ1) is 9.34. The molecule has 19 heavy (non-hydrogen) atoms. The Morgan fingerprint density at radius 3 is 2.79 bits per heavy atom. The highest BCUT2D eigenvalue weighted by Gasteiger charge is 2.05. The second kappa shape index (κ2) is 4.94. The van der Waals surface area contributed by atoms with E-state index in [2.05, 4.69) is 9.97 Å². The molecule has 0 radical (unpaired) electrons. The summed E-state index contributed by atoms with van der Waals surface area (Å²) in [4.78, 5) is 8.34. The fourth-order valence-electron chi connectivity index (χ4n) is 1.94. The molecule has 0 unspecified atom stereocenters. The SMILES string of the molecule is Nc1ccc(OCc2cccnc2)c2cccnc12. The van der Waals surface area contributed by atoms with Crippen molar-refractivity contribution in [3.05, 3.63) is 60.6 Å². The molecule has 0 fully saturated rings. The summed E-state index contributed by atoms with van der Waals surface area (Å²) in [6, 6.07) is 11.4. The molecule has 2 aromatic heterocycles. The smallest absolute Gasteiger partial charge is 0.129 e. The lowest BCUT2D eigenvalue weighted by atomic mass is 10.1. The van der Waals surface area contributed by atoms with Crippen molar-refractivity contribution in [1.82, 2.24) is 9.97 Å². The molecule has 0 aliphatic rings. The first kappa shape index (κ1) is 11.5. The van der Waals surface area contributed by atoms with Crippen molar-refractivity contribution >= 4 is 16.6 Å². The monoisotopic (exact) mass is 251 g/mol. The van der Waals surface area contributed by atoms with E-state index < -0.39 is 0 Å². The topological polar surface area (TPSA) is 61.0 Å². The third-order valence-electron chi connectivity index (χ3n) is 2.88. The Labute approximate surface area is 110 Å². The molecule has 0 aliphatic heterocycles. The van der Waals surface area contributed by atoms with E-state index in [1.54, 1.807) is 18.6 Å². The summed E-state index contributed by atoms with van der Waals surface area (Å²) < 4.78 is 5.82. The fraction of sp³-hybridized carbons (Fsp3) is 0.0667. The van der Waals surface area contributed by atoms with Gasteiger partial charge in [-0.15, -0.1) is 0 Å². The van der Waals surface area contributed by atoms with Crippen LogP contribution in [0.5, 0.6) is 5.75 Å². The zero-order valence-corrected chi connectivity index (χ0v) is 10.3. The molecule has 0 aliphatic carbocycles. The van der Waals surface area contributed by atoms with Crippen LogP contribution in [0.1, 0.15) is 5.56 Å². The van der Waals surface area contributed by atoms with Crippen molar-refractivity contribution in [2.75, 3.05) is 5.73 Å². The number of nitrogens with two attached hydrogens (primary N) is 1. The van der Waals surface area contributed by atoms with Crippen molar-refractivity contribution in [2.45, 2.75) is 6.61 Å². The number of nitrogens with zero attached hydrogens (tertiary/aromatic N) is 2. The second-order valence-corrected chi connectivity index (χ2v) is 4.20. The molecule has 1 aromatic carbocycles. The van der Waals surface area contributed by atoms with E-state index in [1.165, 1.54) is 0 Å². The number of rotatable bonds is 3. The molecule has 0 spiro atoms. The molecule has 2 N–H and O–H groups in total. The summed E-state index contributed by atoms with van der Waals surface area (Å²) in [5.41, 5.74) is 8.36. The quantitative estimate of drug-likeness (QED) is 0.727. The summed E-state index contributed by atoms with van der Waals surface area (Å²) in [5, 5.41) is 0.923. The van der Waals surface area contributed by atoms with Crippen LogP contribution in [0.2, 0.25) is 0 Å². The molecular weight excluding hydrogens is 238 g/mol. The van der Waals surface area contributed by atoms with E-state index in [0.717, 1.165) is 22.2 Å². The van der Waals surface area contributed by atoms with E-state index in [0.29, 0.717) is 12.3 Å². The van der Waals surface area contributed by atoms with Crippen LogP contribution in [0.4, 0.5) is 5.69 Å². The van der Waals surface area contributed by atoms with E-state index in [4.69, 9.17) is 10.5 Å². The van der Waals surface area contributed by atoms with Gasteiger partial charge < -0.3 is 10.5 Å². The number of pyridine rings is 2. The highest BCUT2D eigenvalue weighted by molar-refractivity contribution is 5.93. The molecule has 0 atom stereocenters. The molecule has 4 nitrogen and oxygen atoms in total. The summed E-state index contributed by atoms with van der Waals surface area (Å²) in [5.74, 6) is 0.779.